The number of halogens is 3. The predicted octanol–water partition coefficient (Wildman–Crippen LogP) is 2.01. The molecule has 0 atom stereocenters. The lowest BCUT2D eigenvalue weighted by atomic mass is 10.1. The van der Waals surface area contributed by atoms with E-state index in [2.05, 4.69) is 20.9 Å². The third-order valence-electron chi connectivity index (χ3n) is 2.83. The number of aliphatic imine (C=N–C) groups is 1. The van der Waals surface area contributed by atoms with Gasteiger partial charge in [0.25, 0.3) is 5.91 Å². The Bertz CT molecular complexity index is 539. The van der Waals surface area contributed by atoms with Crippen LogP contribution < -0.4 is 16.0 Å². The van der Waals surface area contributed by atoms with Crippen molar-refractivity contribution in [3.05, 3.63) is 35.4 Å². The van der Waals surface area contributed by atoms with E-state index in [0.717, 1.165) is 24.3 Å². The first-order valence-corrected chi connectivity index (χ1v) is 7.16. The van der Waals surface area contributed by atoms with Gasteiger partial charge >= 0.3 is 6.18 Å². The molecule has 3 N–H and O–H groups in total. The Hall–Kier alpha value is -2.25. The summed E-state index contributed by atoms with van der Waals surface area (Å²) in [7, 11) is 1.64. The maximum absolute atomic E-state index is 12.4. The molecule has 0 saturated carbocycles. The van der Waals surface area contributed by atoms with Crippen molar-refractivity contribution in [1.29, 1.82) is 0 Å². The van der Waals surface area contributed by atoms with Crippen LogP contribution in [0.25, 0.3) is 0 Å². The van der Waals surface area contributed by atoms with E-state index in [-0.39, 0.29) is 11.6 Å². The number of carbonyl (C=O) groups excluding carboxylic acids is 1. The molecule has 0 heterocycles. The van der Waals surface area contributed by atoms with Crippen molar-refractivity contribution >= 4 is 11.9 Å². The van der Waals surface area contributed by atoms with Crippen LogP contribution in [0, 0.1) is 0 Å². The summed E-state index contributed by atoms with van der Waals surface area (Å²) >= 11 is 0. The van der Waals surface area contributed by atoms with Gasteiger partial charge in [0.1, 0.15) is 0 Å². The topological polar surface area (TPSA) is 65.5 Å². The van der Waals surface area contributed by atoms with Gasteiger partial charge in [-0.1, -0.05) is 0 Å². The second kappa shape index (κ2) is 8.40. The zero-order valence-electron chi connectivity index (χ0n) is 13.3. The van der Waals surface area contributed by atoms with E-state index in [1.54, 1.807) is 7.05 Å². The van der Waals surface area contributed by atoms with Crippen LogP contribution in [-0.2, 0) is 6.18 Å². The monoisotopic (exact) mass is 330 g/mol. The Labute approximate surface area is 133 Å². The van der Waals surface area contributed by atoms with Gasteiger partial charge in [0.2, 0.25) is 0 Å². The third-order valence-corrected chi connectivity index (χ3v) is 2.83. The van der Waals surface area contributed by atoms with Crippen molar-refractivity contribution in [2.24, 2.45) is 4.99 Å². The SMILES string of the molecule is CN=C(NCCNC(=O)c1ccc(C(F)(F)F)cc1)NC(C)C. The minimum atomic E-state index is -4.40. The molecule has 0 unspecified atom stereocenters. The highest BCUT2D eigenvalue weighted by Crippen LogP contribution is 2.28. The lowest BCUT2D eigenvalue weighted by Gasteiger charge is -2.14. The lowest BCUT2D eigenvalue weighted by molar-refractivity contribution is -0.137. The van der Waals surface area contributed by atoms with Crippen LogP contribution in [0.3, 0.4) is 0 Å². The molecule has 0 bridgehead atoms. The first-order valence-electron chi connectivity index (χ1n) is 7.16. The van der Waals surface area contributed by atoms with Crippen LogP contribution in [0.1, 0.15) is 29.8 Å². The van der Waals surface area contributed by atoms with Crippen molar-refractivity contribution in [2.75, 3.05) is 20.1 Å². The number of nitrogens with one attached hydrogen (secondary N) is 3. The Morgan fingerprint density at radius 1 is 1.13 bits per heavy atom. The van der Waals surface area contributed by atoms with Crippen LogP contribution >= 0.6 is 0 Å². The van der Waals surface area contributed by atoms with E-state index in [1.807, 2.05) is 13.8 Å². The van der Waals surface area contributed by atoms with Gasteiger partial charge in [0.15, 0.2) is 5.96 Å². The molecular weight excluding hydrogens is 309 g/mol. The Balaban J connectivity index is 2.42. The van der Waals surface area contributed by atoms with E-state index in [9.17, 15) is 18.0 Å². The molecule has 0 fully saturated rings. The summed E-state index contributed by atoms with van der Waals surface area (Å²) < 4.78 is 37.3. The molecule has 0 spiro atoms. The van der Waals surface area contributed by atoms with E-state index < -0.39 is 17.6 Å². The van der Waals surface area contributed by atoms with Gasteiger partial charge < -0.3 is 16.0 Å². The van der Waals surface area contributed by atoms with Gasteiger partial charge in [-0.15, -0.1) is 0 Å². The van der Waals surface area contributed by atoms with E-state index >= 15 is 0 Å². The van der Waals surface area contributed by atoms with Gasteiger partial charge in [-0.25, -0.2) is 0 Å². The molecule has 1 aromatic rings. The zero-order valence-corrected chi connectivity index (χ0v) is 13.3. The van der Waals surface area contributed by atoms with Crippen molar-refractivity contribution < 1.29 is 18.0 Å². The van der Waals surface area contributed by atoms with Gasteiger partial charge in [-0.3, -0.25) is 9.79 Å². The van der Waals surface area contributed by atoms with Crippen molar-refractivity contribution in [3.63, 3.8) is 0 Å². The summed E-state index contributed by atoms with van der Waals surface area (Å²) in [4.78, 5) is 15.8. The molecule has 1 aromatic carbocycles. The van der Waals surface area contributed by atoms with Gasteiger partial charge in [0.05, 0.1) is 5.56 Å². The molecular formula is C15H21F3N4O. The highest BCUT2D eigenvalue weighted by atomic mass is 19.4. The zero-order chi connectivity index (χ0) is 17.5. The van der Waals surface area contributed by atoms with Gasteiger partial charge in [-0.05, 0) is 38.1 Å². The number of benzene rings is 1. The fourth-order valence-corrected chi connectivity index (χ4v) is 1.74. The van der Waals surface area contributed by atoms with Crippen molar-refractivity contribution in [2.45, 2.75) is 26.1 Å². The molecule has 1 rings (SSSR count). The third kappa shape index (κ3) is 6.58. The molecule has 0 aliphatic heterocycles. The fraction of sp³-hybridized carbons (Fsp3) is 0.467. The minimum Gasteiger partial charge on any atom is -0.355 e. The van der Waals surface area contributed by atoms with Crippen LogP contribution in [-0.4, -0.2) is 38.0 Å². The number of carbonyl (C=O) groups is 1. The Morgan fingerprint density at radius 3 is 2.17 bits per heavy atom. The second-order valence-corrected chi connectivity index (χ2v) is 5.13. The number of amides is 1. The number of guanidine groups is 1. The average Bonchev–Trinajstić information content (AvgIpc) is 2.49. The van der Waals surface area contributed by atoms with E-state index in [4.69, 9.17) is 0 Å². The molecule has 0 aromatic heterocycles. The second-order valence-electron chi connectivity index (χ2n) is 5.13. The maximum Gasteiger partial charge on any atom is 0.416 e. The van der Waals surface area contributed by atoms with Crippen molar-refractivity contribution in [1.82, 2.24) is 16.0 Å². The maximum atomic E-state index is 12.4. The quantitative estimate of drug-likeness (QED) is 0.440. The standard InChI is InChI=1S/C15H21F3N4O/c1-10(2)22-14(19-3)21-9-8-20-13(23)11-4-6-12(7-5-11)15(16,17)18/h4-7,10H,8-9H2,1-3H3,(H,20,23)(H2,19,21,22). The summed E-state index contributed by atoms with van der Waals surface area (Å²) in [5.41, 5.74) is -0.595. The van der Waals surface area contributed by atoms with Gasteiger partial charge in [0, 0.05) is 31.7 Å². The number of hydrogen-bond donors (Lipinski definition) is 3. The van der Waals surface area contributed by atoms with Gasteiger partial charge in [-0.2, -0.15) is 13.2 Å². The summed E-state index contributed by atoms with van der Waals surface area (Å²) in [5.74, 6) is 0.191. The normalized spacial score (nSPS) is 12.2. The first kappa shape index (κ1) is 18.8. The van der Waals surface area contributed by atoms with Crippen LogP contribution in [0.15, 0.2) is 29.3 Å². The van der Waals surface area contributed by atoms with Crippen LogP contribution in [0.2, 0.25) is 0 Å². The predicted molar refractivity (Wildman–Crippen MR) is 83.4 cm³/mol. The summed E-state index contributed by atoms with van der Waals surface area (Å²) in [6, 6.07) is 4.32. The number of hydrogen-bond acceptors (Lipinski definition) is 2. The van der Waals surface area contributed by atoms with E-state index in [0.29, 0.717) is 19.0 Å². The summed E-state index contributed by atoms with van der Waals surface area (Å²) in [6.07, 6.45) is -4.40. The average molecular weight is 330 g/mol. The molecule has 0 saturated heterocycles. The highest BCUT2D eigenvalue weighted by molar-refractivity contribution is 5.94. The molecule has 23 heavy (non-hydrogen) atoms. The van der Waals surface area contributed by atoms with E-state index in [1.165, 1.54) is 0 Å². The van der Waals surface area contributed by atoms with Crippen molar-refractivity contribution in [3.8, 4) is 0 Å². The molecule has 0 aliphatic carbocycles. The largest absolute Gasteiger partial charge is 0.416 e. The number of nitrogens with zero attached hydrogens (tertiary/aromatic N) is 1. The number of alkyl halides is 3. The minimum absolute atomic E-state index is 0.183. The Kier molecular flexibility index (Phi) is 6.87. The lowest BCUT2D eigenvalue weighted by Crippen LogP contribution is -2.44. The first-order chi connectivity index (χ1) is 10.7. The molecule has 1 amide bonds. The molecule has 5 nitrogen and oxygen atoms in total. The molecule has 8 heteroatoms. The molecule has 128 valence electrons. The Morgan fingerprint density at radius 2 is 1.70 bits per heavy atom. The van der Waals surface area contributed by atoms with Crippen LogP contribution in [0.5, 0.6) is 0 Å². The summed E-state index contributed by atoms with van der Waals surface area (Å²) in [6.45, 7) is 4.70. The number of rotatable bonds is 5. The molecule has 0 aliphatic rings. The fourth-order valence-electron chi connectivity index (χ4n) is 1.74. The summed E-state index contributed by atoms with van der Waals surface area (Å²) in [5, 5.41) is 8.73. The highest BCUT2D eigenvalue weighted by Gasteiger charge is 2.30. The molecule has 0 radical (unpaired) electrons. The van der Waals surface area contributed by atoms with Crippen LogP contribution in [0.4, 0.5) is 13.2 Å². The smallest absolute Gasteiger partial charge is 0.355 e.